The molecule has 0 spiro atoms. The zero-order chi connectivity index (χ0) is 19.5. The predicted molar refractivity (Wildman–Crippen MR) is 107 cm³/mol. The van der Waals surface area contributed by atoms with Crippen molar-refractivity contribution in [1.29, 1.82) is 0 Å². The van der Waals surface area contributed by atoms with Crippen LogP contribution in [0.3, 0.4) is 0 Å². The van der Waals surface area contributed by atoms with Gasteiger partial charge in [-0.3, -0.25) is 4.79 Å². The zero-order valence-corrected chi connectivity index (χ0v) is 15.5. The third-order valence-corrected chi connectivity index (χ3v) is 5.31. The second-order valence-corrected chi connectivity index (χ2v) is 7.15. The van der Waals surface area contributed by atoms with Crippen molar-refractivity contribution in [2.24, 2.45) is 0 Å². The molecule has 0 radical (unpaired) electrons. The van der Waals surface area contributed by atoms with Crippen molar-refractivity contribution in [2.75, 3.05) is 5.75 Å². The minimum atomic E-state index is -0.505. The first kappa shape index (κ1) is 18.3. The minimum absolute atomic E-state index is 0.0267. The second-order valence-electron chi connectivity index (χ2n) is 6.13. The summed E-state index contributed by atoms with van der Waals surface area (Å²) in [6.07, 6.45) is 0. The summed E-state index contributed by atoms with van der Waals surface area (Å²) in [5.74, 6) is -0.894. The lowest BCUT2D eigenvalue weighted by Gasteiger charge is -2.10. The highest BCUT2D eigenvalue weighted by Gasteiger charge is 2.13. The van der Waals surface area contributed by atoms with Crippen LogP contribution >= 0.6 is 11.8 Å². The molecule has 0 saturated heterocycles. The molecule has 0 bridgehead atoms. The van der Waals surface area contributed by atoms with Gasteiger partial charge in [-0.05, 0) is 29.0 Å². The van der Waals surface area contributed by atoms with Gasteiger partial charge in [0.15, 0.2) is 0 Å². The molecule has 0 N–H and O–H groups in total. The van der Waals surface area contributed by atoms with Crippen molar-refractivity contribution in [3.63, 3.8) is 0 Å². The fourth-order valence-corrected chi connectivity index (χ4v) is 3.77. The number of fused-ring (bicyclic) bond motifs is 3. The Labute approximate surface area is 163 Å². The van der Waals surface area contributed by atoms with E-state index >= 15 is 0 Å². The van der Waals surface area contributed by atoms with Gasteiger partial charge < -0.3 is 9.15 Å². The van der Waals surface area contributed by atoms with Gasteiger partial charge >= 0.3 is 11.6 Å². The number of thioether (sulfide) groups is 1. The zero-order valence-electron chi connectivity index (χ0n) is 14.7. The van der Waals surface area contributed by atoms with Crippen molar-refractivity contribution in [3.8, 4) is 0 Å². The van der Waals surface area contributed by atoms with E-state index in [1.165, 1.54) is 12.1 Å². The lowest BCUT2D eigenvalue weighted by atomic mass is 10.0. The number of esters is 1. The number of hydrogen-bond donors (Lipinski definition) is 0. The Balaban J connectivity index is 1.56. The maximum atomic E-state index is 13.6. The van der Waals surface area contributed by atoms with Crippen molar-refractivity contribution in [1.82, 2.24) is 0 Å². The highest BCUT2D eigenvalue weighted by atomic mass is 32.2. The molecule has 0 aliphatic rings. The number of halogens is 1. The number of ether oxygens (including phenoxy) is 1. The summed E-state index contributed by atoms with van der Waals surface area (Å²) in [6, 6.07) is 18.9. The van der Waals surface area contributed by atoms with Crippen LogP contribution in [0.5, 0.6) is 0 Å². The van der Waals surface area contributed by atoms with Crippen molar-refractivity contribution < 1.29 is 18.3 Å². The Morgan fingerprint density at radius 1 is 1.04 bits per heavy atom. The quantitative estimate of drug-likeness (QED) is 0.208. The molecule has 4 rings (SSSR count). The minimum Gasteiger partial charge on any atom is -0.460 e. The van der Waals surface area contributed by atoms with Crippen LogP contribution in [0.15, 0.2) is 80.8 Å². The molecule has 0 aliphatic heterocycles. The van der Waals surface area contributed by atoms with E-state index in [1.54, 1.807) is 24.3 Å². The van der Waals surface area contributed by atoms with Crippen LogP contribution in [0, 0.1) is 5.82 Å². The summed E-state index contributed by atoms with van der Waals surface area (Å²) < 4.78 is 24.3. The van der Waals surface area contributed by atoms with E-state index in [1.807, 2.05) is 30.3 Å². The molecule has 3 aromatic carbocycles. The van der Waals surface area contributed by atoms with Crippen LogP contribution in [0.1, 0.15) is 5.56 Å². The Morgan fingerprint density at radius 3 is 2.68 bits per heavy atom. The second kappa shape index (κ2) is 7.86. The van der Waals surface area contributed by atoms with Gasteiger partial charge in [-0.25, -0.2) is 9.18 Å². The van der Waals surface area contributed by atoms with E-state index < -0.39 is 11.6 Å². The summed E-state index contributed by atoms with van der Waals surface area (Å²) in [5.41, 5.74) is 0.514. The molecule has 28 heavy (non-hydrogen) atoms. The molecule has 0 unspecified atom stereocenters. The molecule has 0 atom stereocenters. The Bertz CT molecular complexity index is 1230. The molecule has 140 valence electrons. The fraction of sp³-hybridized carbons (Fsp3) is 0.0909. The van der Waals surface area contributed by atoms with E-state index in [2.05, 4.69) is 0 Å². The van der Waals surface area contributed by atoms with E-state index in [4.69, 9.17) is 9.15 Å². The number of carbonyl (C=O) groups excluding carboxylic acids is 1. The van der Waals surface area contributed by atoms with Crippen molar-refractivity contribution in [2.45, 2.75) is 11.5 Å². The first-order chi connectivity index (χ1) is 13.6. The Hall–Kier alpha value is -3.12. The average Bonchev–Trinajstić information content (AvgIpc) is 2.71. The van der Waals surface area contributed by atoms with Crippen LogP contribution in [-0.4, -0.2) is 11.7 Å². The molecule has 1 heterocycles. The molecular weight excluding hydrogens is 379 g/mol. The van der Waals surface area contributed by atoms with Gasteiger partial charge in [-0.2, -0.15) is 0 Å². The topological polar surface area (TPSA) is 56.5 Å². The number of hydrogen-bond acceptors (Lipinski definition) is 5. The molecule has 4 nitrogen and oxygen atoms in total. The first-order valence-electron chi connectivity index (χ1n) is 8.59. The first-order valence-corrected chi connectivity index (χ1v) is 9.58. The number of carbonyl (C=O) groups is 1. The van der Waals surface area contributed by atoms with E-state index in [9.17, 15) is 14.0 Å². The summed E-state index contributed by atoms with van der Waals surface area (Å²) in [4.78, 5) is 24.4. The van der Waals surface area contributed by atoms with E-state index in [-0.39, 0.29) is 18.2 Å². The standard InChI is InChI=1S/C22H15FO4S/c23-17-7-3-4-8-19(17)28-13-21(25)26-12-15-11-20(24)27-18-10-9-14-5-1-2-6-16(14)22(15)18/h1-11H,12-13H2. The van der Waals surface area contributed by atoms with Gasteiger partial charge in [0.25, 0.3) is 0 Å². The van der Waals surface area contributed by atoms with Crippen molar-refractivity contribution in [3.05, 3.63) is 88.5 Å². The van der Waals surface area contributed by atoms with Gasteiger partial charge in [-0.15, -0.1) is 11.8 Å². The highest BCUT2D eigenvalue weighted by Crippen LogP contribution is 2.28. The SMILES string of the molecule is O=C(CSc1ccccc1F)OCc1cc(=O)oc2ccc3ccccc3c12. The molecule has 0 aliphatic carbocycles. The lowest BCUT2D eigenvalue weighted by Crippen LogP contribution is -2.09. The average molecular weight is 394 g/mol. The molecule has 0 amide bonds. The monoisotopic (exact) mass is 394 g/mol. The Morgan fingerprint density at radius 2 is 1.82 bits per heavy atom. The highest BCUT2D eigenvalue weighted by molar-refractivity contribution is 8.00. The number of benzene rings is 3. The van der Waals surface area contributed by atoms with E-state index in [0.717, 1.165) is 27.9 Å². The van der Waals surface area contributed by atoms with Crippen LogP contribution in [0.4, 0.5) is 4.39 Å². The van der Waals surface area contributed by atoms with Gasteiger partial charge in [0, 0.05) is 21.9 Å². The van der Waals surface area contributed by atoms with Crippen LogP contribution < -0.4 is 5.63 Å². The fourth-order valence-electron chi connectivity index (χ4n) is 3.03. The van der Waals surface area contributed by atoms with Gasteiger partial charge in [0.2, 0.25) is 0 Å². The smallest absolute Gasteiger partial charge is 0.336 e. The largest absolute Gasteiger partial charge is 0.460 e. The molecule has 0 fully saturated rings. The van der Waals surface area contributed by atoms with E-state index in [0.29, 0.717) is 16.0 Å². The Kier molecular flexibility index (Phi) is 5.12. The summed E-state index contributed by atoms with van der Waals surface area (Å²) >= 11 is 1.07. The van der Waals surface area contributed by atoms with Crippen LogP contribution in [-0.2, 0) is 16.1 Å². The van der Waals surface area contributed by atoms with Crippen molar-refractivity contribution >= 4 is 39.5 Å². The van der Waals surface area contributed by atoms with Gasteiger partial charge in [0.05, 0.1) is 5.75 Å². The van der Waals surface area contributed by atoms with Crippen LogP contribution in [0.25, 0.3) is 21.7 Å². The lowest BCUT2D eigenvalue weighted by molar-refractivity contribution is -0.141. The molecule has 4 aromatic rings. The number of rotatable bonds is 5. The summed E-state index contributed by atoms with van der Waals surface area (Å²) in [5, 5.41) is 2.65. The summed E-state index contributed by atoms with van der Waals surface area (Å²) in [6.45, 7) is -0.0627. The maximum Gasteiger partial charge on any atom is 0.336 e. The van der Waals surface area contributed by atoms with Gasteiger partial charge in [0.1, 0.15) is 18.0 Å². The third-order valence-electron chi connectivity index (χ3n) is 4.29. The molecule has 0 saturated carbocycles. The molecule has 1 aromatic heterocycles. The maximum absolute atomic E-state index is 13.6. The summed E-state index contributed by atoms with van der Waals surface area (Å²) in [7, 11) is 0. The molecule has 6 heteroatoms. The van der Waals surface area contributed by atoms with Crippen LogP contribution in [0.2, 0.25) is 0 Å². The normalized spacial score (nSPS) is 11.0. The molecular formula is C22H15FO4S. The predicted octanol–water partition coefficient (Wildman–Crippen LogP) is 4.92. The van der Waals surface area contributed by atoms with Gasteiger partial charge in [-0.1, -0.05) is 42.5 Å². The third kappa shape index (κ3) is 3.77.